The molecule has 0 aliphatic rings. The van der Waals surface area contributed by atoms with Gasteiger partial charge in [-0.2, -0.15) is 0 Å². The minimum Gasteiger partial charge on any atom is -0.374 e. The number of nitrogens with one attached hydrogen (secondary N) is 1. The highest BCUT2D eigenvalue weighted by molar-refractivity contribution is 6.32. The molecule has 0 saturated carbocycles. The van der Waals surface area contributed by atoms with Gasteiger partial charge in [0.1, 0.15) is 12.0 Å². The SMILES string of the molecule is C=C/C(Cc1cccnc1)=C(\C(Cl)=C/C)N(CCC)CCCC(C)C.CC(O)Nc1ccc(F)c(Cl)c1. The van der Waals surface area contributed by atoms with Gasteiger partial charge in [0, 0.05) is 37.6 Å². The third kappa shape index (κ3) is 12.6. The fourth-order valence-electron chi connectivity index (χ4n) is 3.74. The van der Waals surface area contributed by atoms with Gasteiger partial charge in [0.15, 0.2) is 0 Å². The van der Waals surface area contributed by atoms with E-state index in [1.54, 1.807) is 13.1 Å². The van der Waals surface area contributed by atoms with E-state index in [4.69, 9.17) is 28.3 Å². The molecule has 0 amide bonds. The standard InChI is InChI=1S/C22H33ClN2.C8H9ClFNO/c1-6-14-25(15-10-11-18(4)5)22(21(23)8-3)20(7-2)16-19-12-9-13-24-17-19;1-5(12)11-6-2-3-8(10)7(9)4-6/h7-9,12-13,17-18H,2,6,10-11,14-16H2,1,3-5H3;2-5,11-12H,1H3/b21-8+,22-20-;. The van der Waals surface area contributed by atoms with Crippen molar-refractivity contribution < 1.29 is 9.50 Å². The first-order valence-electron chi connectivity index (χ1n) is 12.8. The second-order valence-corrected chi connectivity index (χ2v) is 10.0. The zero-order valence-corrected chi connectivity index (χ0v) is 24.3. The van der Waals surface area contributed by atoms with Gasteiger partial charge in [-0.05, 0) is 74.4 Å². The molecule has 1 aromatic carbocycles. The van der Waals surface area contributed by atoms with Crippen molar-refractivity contribution in [2.75, 3.05) is 18.4 Å². The predicted molar refractivity (Wildman–Crippen MR) is 157 cm³/mol. The number of halogens is 3. The number of aliphatic hydroxyl groups excluding tert-OH is 1. The Morgan fingerprint density at radius 1 is 1.24 bits per heavy atom. The number of pyridine rings is 1. The van der Waals surface area contributed by atoms with E-state index in [1.165, 1.54) is 36.6 Å². The number of nitrogens with zero attached hydrogens (tertiary/aromatic N) is 2. The van der Waals surface area contributed by atoms with Crippen LogP contribution in [-0.2, 0) is 6.42 Å². The number of rotatable bonds is 13. The van der Waals surface area contributed by atoms with Gasteiger partial charge in [-0.15, -0.1) is 0 Å². The van der Waals surface area contributed by atoms with Crippen LogP contribution >= 0.6 is 23.2 Å². The molecule has 0 aliphatic heterocycles. The lowest BCUT2D eigenvalue weighted by atomic mass is 10.0. The summed E-state index contributed by atoms with van der Waals surface area (Å²) in [5.41, 5.74) is 4.05. The molecule has 1 atom stereocenters. The van der Waals surface area contributed by atoms with Crippen molar-refractivity contribution in [1.29, 1.82) is 0 Å². The number of benzene rings is 1. The van der Waals surface area contributed by atoms with Gasteiger partial charge in [-0.1, -0.05) is 68.8 Å². The maximum atomic E-state index is 12.6. The third-order valence-corrected chi connectivity index (χ3v) is 6.15. The summed E-state index contributed by atoms with van der Waals surface area (Å²) < 4.78 is 12.6. The summed E-state index contributed by atoms with van der Waals surface area (Å²) in [5.74, 6) is 0.259. The van der Waals surface area contributed by atoms with Crippen LogP contribution in [0.5, 0.6) is 0 Å². The van der Waals surface area contributed by atoms with Crippen LogP contribution in [0, 0.1) is 11.7 Å². The Balaban J connectivity index is 0.000000474. The van der Waals surface area contributed by atoms with E-state index >= 15 is 0 Å². The fraction of sp³-hybridized carbons (Fsp3) is 0.433. The lowest BCUT2D eigenvalue weighted by molar-refractivity contribution is 0.224. The molecule has 0 spiro atoms. The van der Waals surface area contributed by atoms with Gasteiger partial charge in [0.2, 0.25) is 0 Å². The Morgan fingerprint density at radius 2 is 1.97 bits per heavy atom. The molecule has 2 rings (SSSR count). The second-order valence-electron chi connectivity index (χ2n) is 9.22. The van der Waals surface area contributed by atoms with Crippen LogP contribution in [0.15, 0.2) is 77.8 Å². The van der Waals surface area contributed by atoms with E-state index in [9.17, 15) is 4.39 Å². The highest BCUT2D eigenvalue weighted by Gasteiger charge is 2.16. The number of aliphatic hydroxyl groups is 1. The molecule has 2 N–H and O–H groups in total. The second kappa shape index (κ2) is 18.0. The summed E-state index contributed by atoms with van der Waals surface area (Å²) >= 11 is 12.1. The van der Waals surface area contributed by atoms with Crippen molar-refractivity contribution in [3.05, 3.63) is 94.2 Å². The Bertz CT molecular complexity index is 1010. The number of hydrogen-bond donors (Lipinski definition) is 2. The first-order valence-corrected chi connectivity index (χ1v) is 13.6. The van der Waals surface area contributed by atoms with Gasteiger partial charge in [0.05, 0.1) is 15.8 Å². The summed E-state index contributed by atoms with van der Waals surface area (Å²) in [4.78, 5) is 6.66. The Hall–Kier alpha value is -2.34. The van der Waals surface area contributed by atoms with Crippen LogP contribution in [-0.4, -0.2) is 34.3 Å². The topological polar surface area (TPSA) is 48.4 Å². The van der Waals surface area contributed by atoms with E-state index in [2.05, 4.69) is 48.6 Å². The number of allylic oxidation sites excluding steroid dienone is 4. The monoisotopic (exact) mass is 549 g/mol. The normalized spacial score (nSPS) is 12.9. The number of anilines is 1. The highest BCUT2D eigenvalue weighted by Crippen LogP contribution is 2.27. The van der Waals surface area contributed by atoms with Crippen LogP contribution in [0.3, 0.4) is 0 Å². The van der Waals surface area contributed by atoms with Crippen LogP contribution in [0.2, 0.25) is 5.02 Å². The minimum absolute atomic E-state index is 0.0423. The molecular formula is C30H42Cl2FN3O. The van der Waals surface area contributed by atoms with Crippen molar-refractivity contribution >= 4 is 28.9 Å². The molecule has 1 heterocycles. The van der Waals surface area contributed by atoms with Crippen molar-refractivity contribution in [2.45, 2.75) is 66.5 Å². The summed E-state index contributed by atoms with van der Waals surface area (Å²) in [6.45, 7) is 16.4. The molecule has 204 valence electrons. The van der Waals surface area contributed by atoms with E-state index < -0.39 is 12.0 Å². The average molecular weight is 551 g/mol. The zero-order valence-electron chi connectivity index (χ0n) is 22.8. The van der Waals surface area contributed by atoms with Crippen LogP contribution in [0.25, 0.3) is 0 Å². The summed E-state index contributed by atoms with van der Waals surface area (Å²) in [5, 5.41) is 12.4. The van der Waals surface area contributed by atoms with Crippen molar-refractivity contribution in [3.8, 4) is 0 Å². The molecule has 0 saturated heterocycles. The van der Waals surface area contributed by atoms with Crippen LogP contribution in [0.4, 0.5) is 10.1 Å². The first-order chi connectivity index (χ1) is 17.6. The third-order valence-electron chi connectivity index (χ3n) is 5.46. The lowest BCUT2D eigenvalue weighted by Gasteiger charge is -2.29. The Kier molecular flexibility index (Phi) is 15.9. The zero-order chi connectivity index (χ0) is 27.8. The van der Waals surface area contributed by atoms with E-state index in [0.29, 0.717) is 5.69 Å². The lowest BCUT2D eigenvalue weighted by Crippen LogP contribution is -2.27. The van der Waals surface area contributed by atoms with Crippen molar-refractivity contribution in [1.82, 2.24) is 9.88 Å². The van der Waals surface area contributed by atoms with Crippen molar-refractivity contribution in [2.24, 2.45) is 5.92 Å². The van der Waals surface area contributed by atoms with Gasteiger partial charge < -0.3 is 15.3 Å². The van der Waals surface area contributed by atoms with Crippen LogP contribution in [0.1, 0.15) is 59.4 Å². The van der Waals surface area contributed by atoms with Gasteiger partial charge >= 0.3 is 0 Å². The van der Waals surface area contributed by atoms with E-state index in [-0.39, 0.29) is 5.02 Å². The van der Waals surface area contributed by atoms with E-state index in [0.717, 1.165) is 48.2 Å². The molecule has 0 radical (unpaired) electrons. The van der Waals surface area contributed by atoms with Crippen LogP contribution < -0.4 is 5.32 Å². The molecule has 2 aromatic rings. The smallest absolute Gasteiger partial charge is 0.141 e. The molecule has 7 heteroatoms. The molecule has 1 aromatic heterocycles. The Morgan fingerprint density at radius 3 is 2.49 bits per heavy atom. The predicted octanol–water partition coefficient (Wildman–Crippen LogP) is 8.58. The summed E-state index contributed by atoms with van der Waals surface area (Å²) in [6, 6.07) is 8.24. The maximum absolute atomic E-state index is 12.6. The largest absolute Gasteiger partial charge is 0.374 e. The fourth-order valence-corrected chi connectivity index (χ4v) is 4.16. The van der Waals surface area contributed by atoms with E-state index in [1.807, 2.05) is 31.3 Å². The van der Waals surface area contributed by atoms with Gasteiger partial charge in [0.25, 0.3) is 0 Å². The molecule has 37 heavy (non-hydrogen) atoms. The highest BCUT2D eigenvalue weighted by atomic mass is 35.5. The summed E-state index contributed by atoms with van der Waals surface area (Å²) in [6.07, 6.45) is 11.3. The molecule has 4 nitrogen and oxygen atoms in total. The van der Waals surface area contributed by atoms with Gasteiger partial charge in [-0.3, -0.25) is 4.98 Å². The molecule has 1 unspecified atom stereocenters. The maximum Gasteiger partial charge on any atom is 0.141 e. The number of hydrogen-bond acceptors (Lipinski definition) is 4. The number of aromatic nitrogens is 1. The quantitative estimate of drug-likeness (QED) is 0.194. The summed E-state index contributed by atoms with van der Waals surface area (Å²) in [7, 11) is 0. The van der Waals surface area contributed by atoms with Gasteiger partial charge in [-0.25, -0.2) is 4.39 Å². The first kappa shape index (κ1) is 32.7. The average Bonchev–Trinajstić information content (AvgIpc) is 2.86. The Labute approximate surface area is 232 Å². The van der Waals surface area contributed by atoms with Crippen molar-refractivity contribution in [3.63, 3.8) is 0 Å². The minimum atomic E-state index is -0.675. The molecule has 0 aliphatic carbocycles. The molecule has 0 fully saturated rings. The molecular weight excluding hydrogens is 508 g/mol. The molecule has 0 bridgehead atoms.